The molecule has 0 amide bonds. The van der Waals surface area contributed by atoms with Crippen molar-refractivity contribution in [3.8, 4) is 0 Å². The molecule has 1 aromatic carbocycles. The van der Waals surface area contributed by atoms with Crippen LogP contribution in [0.25, 0.3) is 10.8 Å². The summed E-state index contributed by atoms with van der Waals surface area (Å²) in [5.41, 5.74) is 0. The van der Waals surface area contributed by atoms with Crippen LogP contribution in [0.1, 0.15) is 13.3 Å². The molecule has 0 atom stereocenters. The van der Waals surface area contributed by atoms with Gasteiger partial charge >= 0.3 is 0 Å². The smallest absolute Gasteiger partial charge is 0.243 e. The van der Waals surface area contributed by atoms with E-state index in [0.717, 1.165) is 36.8 Å². The Morgan fingerprint density at radius 3 is 2.64 bits per heavy atom. The van der Waals surface area contributed by atoms with Gasteiger partial charge in [0.25, 0.3) is 0 Å². The van der Waals surface area contributed by atoms with Gasteiger partial charge < -0.3 is 4.90 Å². The maximum absolute atomic E-state index is 13.0. The minimum Gasteiger partial charge on any atom is -0.301 e. The van der Waals surface area contributed by atoms with E-state index in [1.807, 2.05) is 6.07 Å². The number of pyridine rings is 1. The summed E-state index contributed by atoms with van der Waals surface area (Å²) >= 11 is 0. The SMILES string of the molecule is CCCN1CCN(S(=O)(=O)c2cccc3cnccc23)CC1. The summed E-state index contributed by atoms with van der Waals surface area (Å²) in [5.74, 6) is 0. The number of aromatic nitrogens is 1. The van der Waals surface area contributed by atoms with Crippen molar-refractivity contribution in [1.29, 1.82) is 0 Å². The fourth-order valence-electron chi connectivity index (χ4n) is 2.97. The molecule has 0 radical (unpaired) electrons. The largest absolute Gasteiger partial charge is 0.301 e. The van der Waals surface area contributed by atoms with Crippen molar-refractivity contribution in [3.63, 3.8) is 0 Å². The molecule has 0 bridgehead atoms. The summed E-state index contributed by atoms with van der Waals surface area (Å²) in [6.45, 7) is 5.91. The van der Waals surface area contributed by atoms with Gasteiger partial charge in [-0.25, -0.2) is 8.42 Å². The lowest BCUT2D eigenvalue weighted by Crippen LogP contribution is -2.48. The van der Waals surface area contributed by atoms with Crippen molar-refractivity contribution < 1.29 is 8.42 Å². The number of sulfonamides is 1. The molecule has 1 saturated heterocycles. The molecular weight excluding hydrogens is 298 g/mol. The molecule has 1 aliphatic rings. The van der Waals surface area contributed by atoms with E-state index in [9.17, 15) is 8.42 Å². The average Bonchev–Trinajstić information content (AvgIpc) is 2.55. The van der Waals surface area contributed by atoms with Crippen LogP contribution in [0.15, 0.2) is 41.6 Å². The normalized spacial score (nSPS) is 17.9. The van der Waals surface area contributed by atoms with Gasteiger partial charge in [-0.15, -0.1) is 0 Å². The van der Waals surface area contributed by atoms with Crippen LogP contribution >= 0.6 is 0 Å². The Labute approximate surface area is 131 Å². The lowest BCUT2D eigenvalue weighted by Gasteiger charge is -2.33. The highest BCUT2D eigenvalue weighted by Crippen LogP contribution is 2.25. The van der Waals surface area contributed by atoms with Crippen LogP contribution < -0.4 is 0 Å². The van der Waals surface area contributed by atoms with Gasteiger partial charge in [0.1, 0.15) is 0 Å². The van der Waals surface area contributed by atoms with E-state index in [4.69, 9.17) is 0 Å². The van der Waals surface area contributed by atoms with E-state index in [1.54, 1.807) is 34.9 Å². The molecule has 0 aliphatic carbocycles. The molecule has 3 rings (SSSR count). The lowest BCUT2D eigenvalue weighted by molar-refractivity contribution is 0.189. The van der Waals surface area contributed by atoms with Crippen LogP contribution in [0.2, 0.25) is 0 Å². The van der Waals surface area contributed by atoms with Gasteiger partial charge in [0.2, 0.25) is 10.0 Å². The summed E-state index contributed by atoms with van der Waals surface area (Å²) in [6.07, 6.45) is 4.44. The molecule has 6 heteroatoms. The maximum atomic E-state index is 13.0. The van der Waals surface area contributed by atoms with E-state index >= 15 is 0 Å². The number of hydrogen-bond donors (Lipinski definition) is 0. The fraction of sp³-hybridized carbons (Fsp3) is 0.438. The first-order valence-corrected chi connectivity index (χ1v) is 9.12. The number of hydrogen-bond acceptors (Lipinski definition) is 4. The van der Waals surface area contributed by atoms with Crippen LogP contribution in [-0.4, -0.2) is 55.3 Å². The molecule has 118 valence electrons. The Balaban J connectivity index is 1.90. The average molecular weight is 319 g/mol. The minimum absolute atomic E-state index is 0.386. The van der Waals surface area contributed by atoms with Crippen molar-refractivity contribution in [2.45, 2.75) is 18.2 Å². The zero-order valence-electron chi connectivity index (χ0n) is 12.8. The Morgan fingerprint density at radius 1 is 1.14 bits per heavy atom. The molecule has 0 saturated carbocycles. The van der Waals surface area contributed by atoms with E-state index in [0.29, 0.717) is 18.0 Å². The van der Waals surface area contributed by atoms with Gasteiger partial charge in [-0.3, -0.25) is 4.98 Å². The number of piperazine rings is 1. The minimum atomic E-state index is -3.45. The first-order chi connectivity index (χ1) is 10.6. The lowest BCUT2D eigenvalue weighted by atomic mass is 10.2. The quantitative estimate of drug-likeness (QED) is 0.864. The maximum Gasteiger partial charge on any atom is 0.243 e. The van der Waals surface area contributed by atoms with Crippen LogP contribution in [0.4, 0.5) is 0 Å². The van der Waals surface area contributed by atoms with Crippen molar-refractivity contribution in [2.75, 3.05) is 32.7 Å². The van der Waals surface area contributed by atoms with Crippen LogP contribution in [-0.2, 0) is 10.0 Å². The van der Waals surface area contributed by atoms with Crippen molar-refractivity contribution in [2.24, 2.45) is 0 Å². The van der Waals surface area contributed by atoms with Gasteiger partial charge in [-0.1, -0.05) is 19.1 Å². The molecular formula is C16H21N3O2S. The van der Waals surface area contributed by atoms with Gasteiger partial charge in [0, 0.05) is 49.3 Å². The Bertz CT molecular complexity index is 748. The van der Waals surface area contributed by atoms with Gasteiger partial charge in [-0.05, 0) is 25.1 Å². The Kier molecular flexibility index (Phi) is 4.42. The van der Waals surface area contributed by atoms with E-state index in [-0.39, 0.29) is 0 Å². The monoisotopic (exact) mass is 319 g/mol. The third-order valence-corrected chi connectivity index (χ3v) is 6.09. The Hall–Kier alpha value is -1.50. The standard InChI is InChI=1S/C16H21N3O2S/c1-2-8-18-9-11-19(12-10-18)22(20,21)16-5-3-4-14-13-17-7-6-15(14)16/h3-7,13H,2,8-12H2,1H3. The predicted molar refractivity (Wildman–Crippen MR) is 87.2 cm³/mol. The fourth-order valence-corrected chi connectivity index (χ4v) is 4.60. The molecule has 2 aromatic rings. The van der Waals surface area contributed by atoms with Crippen LogP contribution in [0.5, 0.6) is 0 Å². The molecule has 2 heterocycles. The van der Waals surface area contributed by atoms with Crippen molar-refractivity contribution >= 4 is 20.8 Å². The van der Waals surface area contributed by atoms with Crippen LogP contribution in [0.3, 0.4) is 0 Å². The molecule has 1 aliphatic heterocycles. The molecule has 1 aromatic heterocycles. The second kappa shape index (κ2) is 6.32. The predicted octanol–water partition coefficient (Wildman–Crippen LogP) is 1.95. The van der Waals surface area contributed by atoms with Crippen LogP contribution in [0, 0.1) is 0 Å². The second-order valence-electron chi connectivity index (χ2n) is 5.60. The molecule has 0 N–H and O–H groups in total. The number of nitrogens with zero attached hydrogens (tertiary/aromatic N) is 3. The number of fused-ring (bicyclic) bond motifs is 1. The highest BCUT2D eigenvalue weighted by atomic mass is 32.2. The topological polar surface area (TPSA) is 53.5 Å². The van der Waals surface area contributed by atoms with E-state index in [1.165, 1.54) is 0 Å². The molecule has 0 unspecified atom stereocenters. The summed E-state index contributed by atoms with van der Waals surface area (Å²) in [5, 5.41) is 1.60. The van der Waals surface area contributed by atoms with Gasteiger partial charge in [-0.2, -0.15) is 4.31 Å². The van der Waals surface area contributed by atoms with E-state index < -0.39 is 10.0 Å². The summed E-state index contributed by atoms with van der Waals surface area (Å²) in [4.78, 5) is 6.77. The number of rotatable bonds is 4. The first-order valence-electron chi connectivity index (χ1n) is 7.68. The molecule has 22 heavy (non-hydrogen) atoms. The third-order valence-electron chi connectivity index (χ3n) is 4.13. The third kappa shape index (κ3) is 2.86. The highest BCUT2D eigenvalue weighted by molar-refractivity contribution is 7.89. The number of benzene rings is 1. The zero-order chi connectivity index (χ0) is 15.6. The summed E-state index contributed by atoms with van der Waals surface area (Å²) in [7, 11) is -3.45. The highest BCUT2D eigenvalue weighted by Gasteiger charge is 2.29. The van der Waals surface area contributed by atoms with Crippen molar-refractivity contribution in [1.82, 2.24) is 14.2 Å². The van der Waals surface area contributed by atoms with Crippen molar-refractivity contribution in [3.05, 3.63) is 36.7 Å². The molecule has 5 nitrogen and oxygen atoms in total. The summed E-state index contributed by atoms with van der Waals surface area (Å²) < 4.78 is 27.5. The zero-order valence-corrected chi connectivity index (χ0v) is 13.6. The first kappa shape index (κ1) is 15.4. The Morgan fingerprint density at radius 2 is 1.91 bits per heavy atom. The van der Waals surface area contributed by atoms with E-state index in [2.05, 4.69) is 16.8 Å². The van der Waals surface area contributed by atoms with Gasteiger partial charge in [0.15, 0.2) is 0 Å². The molecule has 0 spiro atoms. The molecule has 1 fully saturated rings. The summed E-state index contributed by atoms with van der Waals surface area (Å²) in [6, 6.07) is 7.14. The second-order valence-corrected chi connectivity index (χ2v) is 7.51. The van der Waals surface area contributed by atoms with Gasteiger partial charge in [0.05, 0.1) is 4.90 Å².